The third-order valence-electron chi connectivity index (χ3n) is 4.48. The average molecular weight is 238 g/mol. The number of hydrogen-bond donors (Lipinski definition) is 1. The Bertz CT molecular complexity index is 225. The molecule has 1 aliphatic carbocycles. The van der Waals surface area contributed by atoms with Crippen LogP contribution in [0.5, 0.6) is 0 Å². The minimum Gasteiger partial charge on any atom is -0.316 e. The van der Waals surface area contributed by atoms with E-state index >= 15 is 0 Å². The molecule has 2 heteroatoms. The van der Waals surface area contributed by atoms with Gasteiger partial charge in [-0.15, -0.1) is 0 Å². The Labute approximate surface area is 107 Å². The van der Waals surface area contributed by atoms with Gasteiger partial charge in [0.1, 0.15) is 0 Å². The van der Waals surface area contributed by atoms with Crippen LogP contribution in [0.3, 0.4) is 0 Å². The molecule has 1 N–H and O–H groups in total. The lowest BCUT2D eigenvalue weighted by Gasteiger charge is -2.37. The summed E-state index contributed by atoms with van der Waals surface area (Å²) in [5, 5.41) is 3.54. The van der Waals surface area contributed by atoms with Crippen LogP contribution in [0, 0.1) is 11.3 Å². The van der Waals surface area contributed by atoms with Crippen molar-refractivity contribution in [1.29, 1.82) is 0 Å². The molecular formula is C15H30N2. The summed E-state index contributed by atoms with van der Waals surface area (Å²) in [6.07, 6.45) is 7.14. The first-order valence-electron chi connectivity index (χ1n) is 7.54. The third-order valence-corrected chi connectivity index (χ3v) is 4.48. The maximum atomic E-state index is 3.54. The highest BCUT2D eigenvalue weighted by Gasteiger charge is 2.33. The first kappa shape index (κ1) is 13.4. The van der Waals surface area contributed by atoms with Gasteiger partial charge in [0.05, 0.1) is 0 Å². The van der Waals surface area contributed by atoms with E-state index < -0.39 is 0 Å². The Hall–Kier alpha value is -0.0800. The summed E-state index contributed by atoms with van der Waals surface area (Å²) in [7, 11) is 0. The summed E-state index contributed by atoms with van der Waals surface area (Å²) in [5.74, 6) is 0.800. The Balaban J connectivity index is 1.94. The predicted molar refractivity (Wildman–Crippen MR) is 74.3 cm³/mol. The van der Waals surface area contributed by atoms with E-state index in [1.54, 1.807) is 0 Å². The van der Waals surface area contributed by atoms with Crippen molar-refractivity contribution in [3.63, 3.8) is 0 Å². The van der Waals surface area contributed by atoms with Crippen molar-refractivity contribution in [3.8, 4) is 0 Å². The Morgan fingerprint density at radius 1 is 1.29 bits per heavy atom. The van der Waals surface area contributed by atoms with E-state index in [0.717, 1.165) is 12.0 Å². The molecule has 1 saturated heterocycles. The van der Waals surface area contributed by atoms with Crippen molar-refractivity contribution in [2.45, 2.75) is 58.9 Å². The molecule has 2 rings (SSSR count). The average Bonchev–Trinajstić information content (AvgIpc) is 2.87. The molecule has 2 aliphatic rings. The van der Waals surface area contributed by atoms with Crippen molar-refractivity contribution >= 4 is 0 Å². The van der Waals surface area contributed by atoms with Crippen molar-refractivity contribution in [2.24, 2.45) is 11.3 Å². The zero-order valence-electron chi connectivity index (χ0n) is 12.0. The molecule has 0 aromatic heterocycles. The summed E-state index contributed by atoms with van der Waals surface area (Å²) >= 11 is 0. The number of nitrogens with one attached hydrogen (secondary N) is 1. The highest BCUT2D eigenvalue weighted by molar-refractivity contribution is 4.89. The lowest BCUT2D eigenvalue weighted by molar-refractivity contribution is 0.116. The zero-order valence-corrected chi connectivity index (χ0v) is 12.0. The quantitative estimate of drug-likeness (QED) is 0.792. The lowest BCUT2D eigenvalue weighted by atomic mass is 9.88. The molecule has 0 bridgehead atoms. The Kier molecular flexibility index (Phi) is 4.48. The molecule has 1 unspecified atom stereocenters. The topological polar surface area (TPSA) is 15.3 Å². The van der Waals surface area contributed by atoms with Crippen LogP contribution in [0.15, 0.2) is 0 Å². The smallest absolute Gasteiger partial charge is 0.00956 e. The minimum absolute atomic E-state index is 0.525. The highest BCUT2D eigenvalue weighted by Crippen LogP contribution is 2.31. The predicted octanol–water partition coefficient (Wildman–Crippen LogP) is 2.89. The number of rotatable bonds is 5. The van der Waals surface area contributed by atoms with Crippen LogP contribution in [-0.2, 0) is 0 Å². The fourth-order valence-electron chi connectivity index (χ4n) is 3.58. The van der Waals surface area contributed by atoms with Gasteiger partial charge in [0.25, 0.3) is 0 Å². The first-order valence-corrected chi connectivity index (χ1v) is 7.54. The lowest BCUT2D eigenvalue weighted by Crippen LogP contribution is -2.44. The van der Waals surface area contributed by atoms with Crippen molar-refractivity contribution in [3.05, 3.63) is 0 Å². The molecule has 0 spiro atoms. The van der Waals surface area contributed by atoms with E-state index in [-0.39, 0.29) is 0 Å². The molecular weight excluding hydrogens is 208 g/mol. The maximum absolute atomic E-state index is 3.54. The van der Waals surface area contributed by atoms with Crippen LogP contribution in [0.25, 0.3) is 0 Å². The van der Waals surface area contributed by atoms with Crippen molar-refractivity contribution in [1.82, 2.24) is 10.2 Å². The first-order chi connectivity index (χ1) is 8.09. The number of nitrogens with zero attached hydrogens (tertiary/aromatic N) is 1. The SMILES string of the molecule is CC(C)CN(CC1(C)CCNC1)C1CCCC1. The van der Waals surface area contributed by atoms with E-state index in [9.17, 15) is 0 Å². The van der Waals surface area contributed by atoms with Gasteiger partial charge in [-0.25, -0.2) is 0 Å². The highest BCUT2D eigenvalue weighted by atomic mass is 15.2. The van der Waals surface area contributed by atoms with Gasteiger partial charge in [0.15, 0.2) is 0 Å². The van der Waals surface area contributed by atoms with E-state index in [1.807, 2.05) is 0 Å². The minimum atomic E-state index is 0.525. The molecule has 0 amide bonds. The molecule has 100 valence electrons. The second kappa shape index (κ2) is 5.71. The van der Waals surface area contributed by atoms with Gasteiger partial charge < -0.3 is 5.32 Å². The maximum Gasteiger partial charge on any atom is 0.00956 e. The molecule has 1 atom stereocenters. The molecule has 1 aliphatic heterocycles. The van der Waals surface area contributed by atoms with Crippen molar-refractivity contribution in [2.75, 3.05) is 26.2 Å². The second-order valence-electron chi connectivity index (χ2n) is 7.00. The summed E-state index contributed by atoms with van der Waals surface area (Å²) < 4.78 is 0. The van der Waals surface area contributed by atoms with Gasteiger partial charge in [-0.1, -0.05) is 33.6 Å². The van der Waals surface area contributed by atoms with E-state index in [4.69, 9.17) is 0 Å². The molecule has 1 saturated carbocycles. The monoisotopic (exact) mass is 238 g/mol. The zero-order chi connectivity index (χ0) is 12.3. The van der Waals surface area contributed by atoms with Crippen LogP contribution in [-0.4, -0.2) is 37.1 Å². The summed E-state index contributed by atoms with van der Waals surface area (Å²) in [4.78, 5) is 2.81. The van der Waals surface area contributed by atoms with E-state index in [1.165, 1.54) is 58.3 Å². The van der Waals surface area contributed by atoms with Crippen molar-refractivity contribution < 1.29 is 0 Å². The largest absolute Gasteiger partial charge is 0.316 e. The van der Waals surface area contributed by atoms with Crippen LogP contribution in [0.4, 0.5) is 0 Å². The standard InChI is InChI=1S/C15H30N2/c1-13(2)10-17(14-6-4-5-7-14)12-15(3)8-9-16-11-15/h13-14,16H,4-12H2,1-3H3. The fraction of sp³-hybridized carbons (Fsp3) is 1.00. The molecule has 2 fully saturated rings. The molecule has 0 aromatic rings. The van der Waals surface area contributed by atoms with Gasteiger partial charge >= 0.3 is 0 Å². The summed E-state index contributed by atoms with van der Waals surface area (Å²) in [6.45, 7) is 12.2. The van der Waals surface area contributed by atoms with Gasteiger partial charge in [0, 0.05) is 25.7 Å². The third kappa shape index (κ3) is 3.69. The van der Waals surface area contributed by atoms with Crippen LogP contribution in [0.1, 0.15) is 52.9 Å². The fourth-order valence-corrected chi connectivity index (χ4v) is 3.58. The summed E-state index contributed by atoms with van der Waals surface area (Å²) in [5.41, 5.74) is 0.525. The number of hydrogen-bond acceptors (Lipinski definition) is 2. The van der Waals surface area contributed by atoms with Gasteiger partial charge in [-0.3, -0.25) is 4.90 Å². The Morgan fingerprint density at radius 2 is 2.00 bits per heavy atom. The molecule has 0 aromatic carbocycles. The van der Waals surface area contributed by atoms with Crippen LogP contribution < -0.4 is 5.32 Å². The summed E-state index contributed by atoms with van der Waals surface area (Å²) in [6, 6.07) is 0.884. The van der Waals surface area contributed by atoms with Gasteiger partial charge in [-0.2, -0.15) is 0 Å². The van der Waals surface area contributed by atoms with Crippen LogP contribution >= 0.6 is 0 Å². The van der Waals surface area contributed by atoms with Crippen LogP contribution in [0.2, 0.25) is 0 Å². The van der Waals surface area contributed by atoms with E-state index in [2.05, 4.69) is 31.0 Å². The second-order valence-corrected chi connectivity index (χ2v) is 7.00. The molecule has 1 heterocycles. The Morgan fingerprint density at radius 3 is 2.53 bits per heavy atom. The normalized spacial score (nSPS) is 30.9. The van der Waals surface area contributed by atoms with Gasteiger partial charge in [-0.05, 0) is 37.1 Å². The molecule has 0 radical (unpaired) electrons. The van der Waals surface area contributed by atoms with Gasteiger partial charge in [0.2, 0.25) is 0 Å². The molecule has 17 heavy (non-hydrogen) atoms. The van der Waals surface area contributed by atoms with E-state index in [0.29, 0.717) is 5.41 Å². The molecule has 2 nitrogen and oxygen atoms in total.